The molecule has 28 heavy (non-hydrogen) atoms. The number of carbonyl (C=O) groups excluding carboxylic acids is 1. The van der Waals surface area contributed by atoms with E-state index in [2.05, 4.69) is 24.8 Å². The largest absolute Gasteiger partial charge is 0.477 e. The van der Waals surface area contributed by atoms with E-state index in [1.54, 1.807) is 0 Å². The van der Waals surface area contributed by atoms with E-state index >= 15 is 0 Å². The van der Waals surface area contributed by atoms with Crippen molar-refractivity contribution in [1.29, 1.82) is 0 Å². The van der Waals surface area contributed by atoms with Gasteiger partial charge in [0.25, 0.3) is 0 Å². The van der Waals surface area contributed by atoms with Gasteiger partial charge in [0.1, 0.15) is 12.5 Å². The number of benzene rings is 1. The lowest BCUT2D eigenvalue weighted by Crippen LogP contribution is -2.44. The molecule has 2 heterocycles. The molecule has 0 spiro atoms. The van der Waals surface area contributed by atoms with E-state index in [1.807, 2.05) is 25.1 Å². The van der Waals surface area contributed by atoms with Gasteiger partial charge in [-0.2, -0.15) is 0 Å². The van der Waals surface area contributed by atoms with Gasteiger partial charge in [-0.1, -0.05) is 18.6 Å². The van der Waals surface area contributed by atoms with Gasteiger partial charge in [-0.25, -0.2) is 0 Å². The third kappa shape index (κ3) is 5.03. The van der Waals surface area contributed by atoms with Crippen LogP contribution in [0.5, 0.6) is 5.75 Å². The van der Waals surface area contributed by atoms with Crippen LogP contribution in [0, 0.1) is 6.92 Å². The lowest BCUT2D eigenvalue weighted by atomic mass is 9.94. The Balaban J connectivity index is 1.81. The molecule has 5 heteroatoms. The van der Waals surface area contributed by atoms with Crippen LogP contribution in [0.1, 0.15) is 54.6 Å². The van der Waals surface area contributed by atoms with E-state index in [1.165, 1.54) is 11.1 Å². The SMILES string of the molecule is CC/C(=C\C=C(\C)N)Cc1cc2c(cc1C)OCN(C1CCCOC1)CC2=O. The van der Waals surface area contributed by atoms with Crippen molar-refractivity contribution in [3.63, 3.8) is 0 Å². The van der Waals surface area contributed by atoms with Gasteiger partial charge in [0, 0.05) is 18.3 Å². The number of ketones is 1. The fourth-order valence-electron chi connectivity index (χ4n) is 3.76. The molecule has 0 saturated carbocycles. The van der Waals surface area contributed by atoms with Crippen molar-refractivity contribution >= 4 is 5.78 Å². The van der Waals surface area contributed by atoms with Crippen LogP contribution in [0.4, 0.5) is 0 Å². The predicted molar refractivity (Wildman–Crippen MR) is 112 cm³/mol. The highest BCUT2D eigenvalue weighted by molar-refractivity contribution is 6.00. The van der Waals surface area contributed by atoms with Crippen LogP contribution in [0.2, 0.25) is 0 Å². The molecule has 0 aliphatic carbocycles. The van der Waals surface area contributed by atoms with Crippen molar-refractivity contribution in [3.8, 4) is 5.75 Å². The highest BCUT2D eigenvalue weighted by atomic mass is 16.5. The molecule has 5 nitrogen and oxygen atoms in total. The standard InChI is InChI=1S/C23H32N2O3/c1-4-18(8-7-17(3)24)11-19-12-21-22(26)13-25(20-6-5-9-27-14-20)15-28-23(21)10-16(19)2/h7-8,10,12,20H,4-6,9,11,13-15,24H2,1-3H3/b17-7-,18-8+. The van der Waals surface area contributed by atoms with Gasteiger partial charge in [-0.15, -0.1) is 0 Å². The Bertz CT molecular complexity index is 772. The van der Waals surface area contributed by atoms with E-state index in [0.29, 0.717) is 31.2 Å². The van der Waals surface area contributed by atoms with Crippen LogP contribution in [0.25, 0.3) is 0 Å². The van der Waals surface area contributed by atoms with Crippen molar-refractivity contribution in [3.05, 3.63) is 52.2 Å². The summed E-state index contributed by atoms with van der Waals surface area (Å²) in [6.07, 6.45) is 7.87. The summed E-state index contributed by atoms with van der Waals surface area (Å²) in [4.78, 5) is 15.1. The summed E-state index contributed by atoms with van der Waals surface area (Å²) in [5.74, 6) is 0.823. The second kappa shape index (κ2) is 9.39. The number of hydrogen-bond acceptors (Lipinski definition) is 5. The van der Waals surface area contributed by atoms with Crippen LogP contribution < -0.4 is 10.5 Å². The first-order valence-corrected chi connectivity index (χ1v) is 10.2. The molecule has 0 radical (unpaired) electrons. The van der Waals surface area contributed by atoms with Crippen LogP contribution in [-0.2, 0) is 11.2 Å². The summed E-state index contributed by atoms with van der Waals surface area (Å²) in [6, 6.07) is 4.30. The number of aryl methyl sites for hydroxylation is 1. The first kappa shape index (κ1) is 20.6. The fourth-order valence-corrected chi connectivity index (χ4v) is 3.76. The molecule has 1 aromatic carbocycles. The Hall–Kier alpha value is -2.11. The molecule has 2 N–H and O–H groups in total. The van der Waals surface area contributed by atoms with E-state index in [4.69, 9.17) is 15.2 Å². The number of allylic oxidation sites excluding steroid dienone is 4. The van der Waals surface area contributed by atoms with Gasteiger partial charge in [0.2, 0.25) is 0 Å². The lowest BCUT2D eigenvalue weighted by molar-refractivity contribution is -0.00538. The van der Waals surface area contributed by atoms with E-state index in [0.717, 1.165) is 43.6 Å². The van der Waals surface area contributed by atoms with E-state index < -0.39 is 0 Å². The zero-order valence-corrected chi connectivity index (χ0v) is 17.3. The highest BCUT2D eigenvalue weighted by Gasteiger charge is 2.29. The van der Waals surface area contributed by atoms with E-state index in [9.17, 15) is 4.79 Å². The van der Waals surface area contributed by atoms with Crippen LogP contribution >= 0.6 is 0 Å². The zero-order valence-electron chi connectivity index (χ0n) is 17.3. The molecule has 1 atom stereocenters. The summed E-state index contributed by atoms with van der Waals surface area (Å²) in [5.41, 5.74) is 10.9. The molecule has 1 fully saturated rings. The molecule has 152 valence electrons. The Labute approximate surface area is 168 Å². The molecule has 1 saturated heterocycles. The summed E-state index contributed by atoms with van der Waals surface area (Å²) in [5, 5.41) is 0. The quantitative estimate of drug-likeness (QED) is 0.783. The average molecular weight is 385 g/mol. The van der Waals surface area contributed by atoms with E-state index in [-0.39, 0.29) is 11.8 Å². The Morgan fingerprint density at radius 1 is 1.36 bits per heavy atom. The molecule has 0 amide bonds. The predicted octanol–water partition coefficient (Wildman–Crippen LogP) is 3.75. The molecule has 3 rings (SSSR count). The maximum absolute atomic E-state index is 13.0. The van der Waals surface area contributed by atoms with Crippen molar-refractivity contribution in [1.82, 2.24) is 4.90 Å². The summed E-state index contributed by atoms with van der Waals surface area (Å²) < 4.78 is 11.6. The van der Waals surface area contributed by atoms with Crippen LogP contribution in [-0.4, -0.2) is 43.2 Å². The summed E-state index contributed by atoms with van der Waals surface area (Å²) >= 11 is 0. The van der Waals surface area contributed by atoms with Crippen molar-refractivity contribution in [2.75, 3.05) is 26.5 Å². The van der Waals surface area contributed by atoms with Crippen LogP contribution in [0.15, 0.2) is 35.6 Å². The van der Waals surface area contributed by atoms with Crippen LogP contribution in [0.3, 0.4) is 0 Å². The normalized spacial score (nSPS) is 21.8. The summed E-state index contributed by atoms with van der Waals surface area (Å²) in [6.45, 7) is 8.42. The Morgan fingerprint density at radius 3 is 2.86 bits per heavy atom. The molecular formula is C23H32N2O3. The first-order valence-electron chi connectivity index (χ1n) is 10.2. The first-order chi connectivity index (χ1) is 13.5. The summed E-state index contributed by atoms with van der Waals surface area (Å²) in [7, 11) is 0. The minimum atomic E-state index is 0.124. The maximum atomic E-state index is 13.0. The molecule has 0 bridgehead atoms. The molecule has 0 aromatic heterocycles. The van der Waals surface area contributed by atoms with Gasteiger partial charge in [-0.05, 0) is 68.9 Å². The van der Waals surface area contributed by atoms with Gasteiger partial charge >= 0.3 is 0 Å². The third-order valence-electron chi connectivity index (χ3n) is 5.58. The number of carbonyl (C=O) groups is 1. The lowest BCUT2D eigenvalue weighted by Gasteiger charge is -2.31. The Morgan fingerprint density at radius 2 is 2.18 bits per heavy atom. The van der Waals surface area contributed by atoms with Gasteiger partial charge in [-0.3, -0.25) is 9.69 Å². The van der Waals surface area contributed by atoms with Crippen molar-refractivity contribution in [2.45, 2.75) is 52.5 Å². The molecule has 2 aliphatic rings. The number of nitrogens with zero attached hydrogens (tertiary/aromatic N) is 1. The Kier molecular flexibility index (Phi) is 6.92. The van der Waals surface area contributed by atoms with Crippen molar-refractivity contribution < 1.29 is 14.3 Å². The maximum Gasteiger partial charge on any atom is 0.180 e. The number of hydrogen-bond donors (Lipinski definition) is 1. The average Bonchev–Trinajstić information content (AvgIpc) is 2.84. The number of fused-ring (bicyclic) bond motifs is 1. The minimum Gasteiger partial charge on any atom is -0.477 e. The van der Waals surface area contributed by atoms with Crippen molar-refractivity contribution in [2.24, 2.45) is 5.73 Å². The number of rotatable bonds is 5. The minimum absolute atomic E-state index is 0.124. The zero-order chi connectivity index (χ0) is 20.1. The van der Waals surface area contributed by atoms with Gasteiger partial charge in [0.05, 0.1) is 18.7 Å². The monoisotopic (exact) mass is 384 g/mol. The number of nitrogens with two attached hydrogens (primary N) is 1. The molecule has 2 aliphatic heterocycles. The third-order valence-corrected chi connectivity index (χ3v) is 5.58. The second-order valence-corrected chi connectivity index (χ2v) is 7.86. The molecule has 1 aromatic rings. The molecule has 1 unspecified atom stereocenters. The molecular weight excluding hydrogens is 352 g/mol. The number of Topliss-reactive ketones (excluding diaryl/α,β-unsaturated/α-hetero) is 1. The topological polar surface area (TPSA) is 64.8 Å². The fraction of sp³-hybridized carbons (Fsp3) is 0.522. The highest BCUT2D eigenvalue weighted by Crippen LogP contribution is 2.29. The van der Waals surface area contributed by atoms with Gasteiger partial charge < -0.3 is 15.2 Å². The second-order valence-electron chi connectivity index (χ2n) is 7.86. The van der Waals surface area contributed by atoms with Gasteiger partial charge in [0.15, 0.2) is 5.78 Å². The number of ether oxygens (including phenoxy) is 2. The smallest absolute Gasteiger partial charge is 0.180 e.